The molecule has 70 valence electrons. The smallest absolute Gasteiger partial charge is 0.131 e. The number of rotatable bonds is 3. The van der Waals surface area contributed by atoms with Crippen LogP contribution in [0.2, 0.25) is 0 Å². The summed E-state index contributed by atoms with van der Waals surface area (Å²) in [4.78, 5) is 10.9. The molecule has 1 heterocycles. The van der Waals surface area contributed by atoms with Crippen molar-refractivity contribution in [3.05, 3.63) is 0 Å². The fourth-order valence-corrected chi connectivity index (χ4v) is 1.86. The zero-order valence-electron chi connectivity index (χ0n) is 7.87. The van der Waals surface area contributed by atoms with Crippen LogP contribution in [0.5, 0.6) is 0 Å². The Morgan fingerprint density at radius 1 is 1.67 bits per heavy atom. The van der Waals surface area contributed by atoms with E-state index in [-0.39, 0.29) is 12.2 Å². The van der Waals surface area contributed by atoms with E-state index in [1.807, 2.05) is 13.8 Å². The molecule has 3 atom stereocenters. The van der Waals surface area contributed by atoms with Gasteiger partial charge >= 0.3 is 0 Å². The molecular formula is C9H16O3. The Kier molecular flexibility index (Phi) is 2.85. The highest BCUT2D eigenvalue weighted by Crippen LogP contribution is 2.36. The van der Waals surface area contributed by atoms with Crippen LogP contribution in [0.15, 0.2) is 0 Å². The second-order valence-corrected chi connectivity index (χ2v) is 3.58. The number of hydrogen-bond donors (Lipinski definition) is 0. The van der Waals surface area contributed by atoms with Gasteiger partial charge in [-0.05, 0) is 20.3 Å². The highest BCUT2D eigenvalue weighted by molar-refractivity contribution is 5.61. The molecule has 1 rings (SSSR count). The minimum absolute atomic E-state index is 0.0232. The number of hydrogen-bond acceptors (Lipinski definition) is 3. The van der Waals surface area contributed by atoms with Crippen LogP contribution in [0, 0.1) is 5.41 Å². The van der Waals surface area contributed by atoms with Crippen molar-refractivity contribution in [2.45, 2.75) is 32.5 Å². The average molecular weight is 172 g/mol. The van der Waals surface area contributed by atoms with E-state index in [9.17, 15) is 4.79 Å². The van der Waals surface area contributed by atoms with E-state index in [2.05, 4.69) is 0 Å². The molecule has 0 spiro atoms. The van der Waals surface area contributed by atoms with Crippen molar-refractivity contribution < 1.29 is 14.3 Å². The van der Waals surface area contributed by atoms with E-state index in [0.29, 0.717) is 6.61 Å². The normalized spacial score (nSPS) is 41.6. The van der Waals surface area contributed by atoms with Crippen LogP contribution >= 0.6 is 0 Å². The second-order valence-electron chi connectivity index (χ2n) is 3.58. The summed E-state index contributed by atoms with van der Waals surface area (Å²) in [5.74, 6) is 0. The molecule has 1 aliphatic heterocycles. The Balaban J connectivity index is 2.71. The summed E-state index contributed by atoms with van der Waals surface area (Å²) in [7, 11) is 1.61. The zero-order valence-corrected chi connectivity index (χ0v) is 7.87. The molecule has 1 fully saturated rings. The van der Waals surface area contributed by atoms with E-state index in [1.165, 1.54) is 0 Å². The summed E-state index contributed by atoms with van der Waals surface area (Å²) in [6.45, 7) is 4.37. The zero-order chi connectivity index (χ0) is 9.19. The fraction of sp³-hybridized carbons (Fsp3) is 0.889. The highest BCUT2D eigenvalue weighted by atomic mass is 16.5. The third kappa shape index (κ3) is 1.52. The standard InChI is InChI=1S/C9H16O3/c1-7-4-9(5-10,6-11-3)8(2)12-7/h5,7-8H,4,6H2,1-3H3. The number of ether oxygens (including phenoxy) is 2. The van der Waals surface area contributed by atoms with Crippen LogP contribution in [-0.2, 0) is 14.3 Å². The molecular weight excluding hydrogens is 156 g/mol. The van der Waals surface area contributed by atoms with Crippen LogP contribution in [0.4, 0.5) is 0 Å². The molecule has 3 unspecified atom stereocenters. The number of methoxy groups -OCH3 is 1. The lowest BCUT2D eigenvalue weighted by Crippen LogP contribution is -2.35. The maximum atomic E-state index is 10.9. The van der Waals surface area contributed by atoms with Crippen molar-refractivity contribution in [2.75, 3.05) is 13.7 Å². The first-order chi connectivity index (χ1) is 5.64. The van der Waals surface area contributed by atoms with Crippen LogP contribution in [0.1, 0.15) is 20.3 Å². The highest BCUT2D eigenvalue weighted by Gasteiger charge is 2.44. The Bertz CT molecular complexity index is 169. The summed E-state index contributed by atoms with van der Waals surface area (Å²) in [5.41, 5.74) is -0.409. The molecule has 0 radical (unpaired) electrons. The second kappa shape index (κ2) is 3.54. The summed E-state index contributed by atoms with van der Waals surface area (Å²) in [6.07, 6.45) is 1.89. The number of carbonyl (C=O) groups excluding carboxylic acids is 1. The van der Waals surface area contributed by atoms with E-state index >= 15 is 0 Å². The van der Waals surface area contributed by atoms with Crippen LogP contribution < -0.4 is 0 Å². The van der Waals surface area contributed by atoms with Crippen molar-refractivity contribution in [1.82, 2.24) is 0 Å². The summed E-state index contributed by atoms with van der Waals surface area (Å²) in [5, 5.41) is 0. The monoisotopic (exact) mass is 172 g/mol. The molecule has 0 saturated carbocycles. The minimum atomic E-state index is -0.409. The maximum absolute atomic E-state index is 10.9. The molecule has 0 amide bonds. The number of aldehydes is 1. The summed E-state index contributed by atoms with van der Waals surface area (Å²) < 4.78 is 10.5. The fourth-order valence-electron chi connectivity index (χ4n) is 1.86. The van der Waals surface area contributed by atoms with Gasteiger partial charge in [0.1, 0.15) is 6.29 Å². The lowest BCUT2D eigenvalue weighted by Gasteiger charge is -2.24. The van der Waals surface area contributed by atoms with Crippen LogP contribution in [0.3, 0.4) is 0 Å². The van der Waals surface area contributed by atoms with Gasteiger partial charge in [0.25, 0.3) is 0 Å². The van der Waals surface area contributed by atoms with Gasteiger partial charge in [0.2, 0.25) is 0 Å². The lowest BCUT2D eigenvalue weighted by atomic mass is 9.83. The van der Waals surface area contributed by atoms with Crippen molar-refractivity contribution in [3.63, 3.8) is 0 Å². The number of carbonyl (C=O) groups is 1. The van der Waals surface area contributed by atoms with Gasteiger partial charge in [-0.15, -0.1) is 0 Å². The average Bonchev–Trinajstić information content (AvgIpc) is 2.28. The molecule has 0 aromatic heterocycles. The van der Waals surface area contributed by atoms with E-state index in [1.54, 1.807) is 7.11 Å². The minimum Gasteiger partial charge on any atom is -0.384 e. The molecule has 12 heavy (non-hydrogen) atoms. The topological polar surface area (TPSA) is 35.5 Å². The van der Waals surface area contributed by atoms with E-state index in [4.69, 9.17) is 9.47 Å². The first kappa shape index (κ1) is 9.68. The van der Waals surface area contributed by atoms with Gasteiger partial charge in [0.05, 0.1) is 24.2 Å². The van der Waals surface area contributed by atoms with Gasteiger partial charge in [0, 0.05) is 7.11 Å². The molecule has 3 nitrogen and oxygen atoms in total. The third-order valence-corrected chi connectivity index (χ3v) is 2.56. The van der Waals surface area contributed by atoms with Crippen molar-refractivity contribution in [1.29, 1.82) is 0 Å². The van der Waals surface area contributed by atoms with Crippen LogP contribution in [0.25, 0.3) is 0 Å². The van der Waals surface area contributed by atoms with Crippen molar-refractivity contribution in [2.24, 2.45) is 5.41 Å². The molecule has 0 aromatic rings. The van der Waals surface area contributed by atoms with Gasteiger partial charge in [-0.2, -0.15) is 0 Å². The molecule has 3 heteroatoms. The molecule has 0 bridgehead atoms. The Morgan fingerprint density at radius 2 is 2.33 bits per heavy atom. The maximum Gasteiger partial charge on any atom is 0.131 e. The first-order valence-corrected chi connectivity index (χ1v) is 4.25. The first-order valence-electron chi connectivity index (χ1n) is 4.25. The predicted octanol–water partition coefficient (Wildman–Crippen LogP) is 1.02. The summed E-state index contributed by atoms with van der Waals surface area (Å²) in [6, 6.07) is 0. The molecule has 0 N–H and O–H groups in total. The predicted molar refractivity (Wildman–Crippen MR) is 45.0 cm³/mol. The molecule has 1 aliphatic rings. The molecule has 0 aromatic carbocycles. The van der Waals surface area contributed by atoms with Gasteiger partial charge in [-0.1, -0.05) is 0 Å². The molecule has 1 saturated heterocycles. The van der Waals surface area contributed by atoms with Gasteiger partial charge in [-0.25, -0.2) is 0 Å². The quantitative estimate of drug-likeness (QED) is 0.596. The van der Waals surface area contributed by atoms with Gasteiger partial charge in [0.15, 0.2) is 0 Å². The van der Waals surface area contributed by atoms with Crippen molar-refractivity contribution >= 4 is 6.29 Å². The lowest BCUT2D eigenvalue weighted by molar-refractivity contribution is -0.122. The molecule has 0 aliphatic carbocycles. The third-order valence-electron chi connectivity index (χ3n) is 2.56. The van der Waals surface area contributed by atoms with Crippen molar-refractivity contribution in [3.8, 4) is 0 Å². The SMILES string of the molecule is COCC1(C=O)CC(C)OC1C. The van der Waals surface area contributed by atoms with Crippen LogP contribution in [-0.4, -0.2) is 32.2 Å². The van der Waals surface area contributed by atoms with Gasteiger partial charge in [-0.3, -0.25) is 0 Å². The van der Waals surface area contributed by atoms with Gasteiger partial charge < -0.3 is 14.3 Å². The Morgan fingerprint density at radius 3 is 2.67 bits per heavy atom. The summed E-state index contributed by atoms with van der Waals surface area (Å²) >= 11 is 0. The Hall–Kier alpha value is -0.410. The van der Waals surface area contributed by atoms with E-state index < -0.39 is 5.41 Å². The largest absolute Gasteiger partial charge is 0.384 e. The van der Waals surface area contributed by atoms with E-state index in [0.717, 1.165) is 12.7 Å². The Labute approximate surface area is 73.0 Å².